The molecule has 6 heteroatoms. The van der Waals surface area contributed by atoms with Crippen LogP contribution in [0.25, 0.3) is 10.9 Å². The average molecular weight is 393 g/mol. The molecule has 4 nitrogen and oxygen atoms in total. The van der Waals surface area contributed by atoms with Gasteiger partial charge in [-0.05, 0) is 41.5 Å². The fourth-order valence-electron chi connectivity index (χ4n) is 3.35. The van der Waals surface area contributed by atoms with Crippen LogP contribution in [0, 0.1) is 11.6 Å². The zero-order valence-corrected chi connectivity index (χ0v) is 15.3. The van der Waals surface area contributed by atoms with Gasteiger partial charge in [-0.2, -0.15) is 0 Å². The number of hydrogen-bond acceptors (Lipinski definition) is 2. The van der Waals surface area contributed by atoms with Gasteiger partial charge in [-0.1, -0.05) is 30.3 Å². The number of fused-ring (bicyclic) bond motifs is 1. The molecule has 0 saturated carbocycles. The number of carboxylic acids is 1. The predicted molar refractivity (Wildman–Crippen MR) is 105 cm³/mol. The summed E-state index contributed by atoms with van der Waals surface area (Å²) in [6.07, 6.45) is 1.78. The summed E-state index contributed by atoms with van der Waals surface area (Å²) in [5, 5.41) is 10.1. The van der Waals surface area contributed by atoms with Gasteiger partial charge in [0.15, 0.2) is 11.6 Å². The summed E-state index contributed by atoms with van der Waals surface area (Å²) < 4.78 is 34.5. The summed E-state index contributed by atoms with van der Waals surface area (Å²) in [6.45, 7) is 0.489. The Balaban J connectivity index is 1.62. The van der Waals surface area contributed by atoms with Crippen molar-refractivity contribution in [2.75, 3.05) is 0 Å². The number of aliphatic carboxylic acids is 1. The summed E-state index contributed by atoms with van der Waals surface area (Å²) in [5.41, 5.74) is 2.57. The molecule has 0 saturated heterocycles. The van der Waals surface area contributed by atoms with E-state index >= 15 is 0 Å². The quantitative estimate of drug-likeness (QED) is 0.478. The van der Waals surface area contributed by atoms with Crippen molar-refractivity contribution in [3.05, 3.63) is 95.7 Å². The molecular weight excluding hydrogens is 376 g/mol. The number of ether oxygens (including phenoxy) is 1. The predicted octanol–water partition coefficient (Wildman–Crippen LogP) is 5.39. The third-order valence-corrected chi connectivity index (χ3v) is 4.59. The molecule has 4 aromatic rings. The lowest BCUT2D eigenvalue weighted by molar-refractivity contribution is -0.136. The second kappa shape index (κ2) is 7.75. The van der Waals surface area contributed by atoms with Crippen LogP contribution in [0.1, 0.15) is 11.1 Å². The molecule has 3 aromatic carbocycles. The molecule has 1 aromatic heterocycles. The van der Waals surface area contributed by atoms with Gasteiger partial charge in [0.05, 0.1) is 6.42 Å². The SMILES string of the molecule is O=C(O)Cc1cn(Cc2cccc(Oc3ccc(F)cc3F)c2)c2ccccc12. The molecule has 0 spiro atoms. The lowest BCUT2D eigenvalue weighted by Crippen LogP contribution is -2.00. The second-order valence-electron chi connectivity index (χ2n) is 6.69. The second-order valence-corrected chi connectivity index (χ2v) is 6.69. The van der Waals surface area contributed by atoms with Gasteiger partial charge in [-0.15, -0.1) is 0 Å². The Hall–Kier alpha value is -3.67. The molecule has 29 heavy (non-hydrogen) atoms. The standard InChI is InChI=1S/C23H17F2NO3/c24-17-8-9-22(20(25)12-17)29-18-5-3-4-15(10-18)13-26-14-16(11-23(27)28)19-6-1-2-7-21(19)26/h1-10,12,14H,11,13H2,(H,27,28). The van der Waals surface area contributed by atoms with E-state index in [0.717, 1.165) is 34.2 Å². The number of benzene rings is 3. The molecule has 1 N–H and O–H groups in total. The highest BCUT2D eigenvalue weighted by atomic mass is 19.1. The van der Waals surface area contributed by atoms with Crippen LogP contribution in [0.4, 0.5) is 8.78 Å². The molecule has 0 unspecified atom stereocenters. The highest BCUT2D eigenvalue weighted by molar-refractivity contribution is 5.87. The van der Waals surface area contributed by atoms with E-state index in [9.17, 15) is 13.6 Å². The Labute approximate surface area is 165 Å². The van der Waals surface area contributed by atoms with Gasteiger partial charge in [-0.3, -0.25) is 4.79 Å². The summed E-state index contributed by atoms with van der Waals surface area (Å²) in [4.78, 5) is 11.2. The summed E-state index contributed by atoms with van der Waals surface area (Å²) in [6, 6.07) is 17.9. The molecule has 0 radical (unpaired) electrons. The molecule has 0 amide bonds. The molecule has 146 valence electrons. The Morgan fingerprint density at radius 1 is 1.00 bits per heavy atom. The van der Waals surface area contributed by atoms with E-state index in [4.69, 9.17) is 9.84 Å². The number of para-hydroxylation sites is 1. The van der Waals surface area contributed by atoms with Crippen LogP contribution >= 0.6 is 0 Å². The first-order valence-corrected chi connectivity index (χ1v) is 9.00. The number of carboxylic acid groups (broad SMARTS) is 1. The van der Waals surface area contributed by atoms with Crippen LogP contribution in [0.15, 0.2) is 72.9 Å². The Bertz CT molecular complexity index is 1200. The van der Waals surface area contributed by atoms with E-state index in [-0.39, 0.29) is 12.2 Å². The highest BCUT2D eigenvalue weighted by Gasteiger charge is 2.12. The van der Waals surface area contributed by atoms with Crippen LogP contribution in [-0.2, 0) is 17.8 Å². The maximum atomic E-state index is 13.8. The fourth-order valence-corrected chi connectivity index (χ4v) is 3.35. The van der Waals surface area contributed by atoms with E-state index in [2.05, 4.69) is 0 Å². The first-order valence-electron chi connectivity index (χ1n) is 9.00. The van der Waals surface area contributed by atoms with Gasteiger partial charge in [0.2, 0.25) is 0 Å². The van der Waals surface area contributed by atoms with Crippen LogP contribution < -0.4 is 4.74 Å². The number of halogens is 2. The summed E-state index contributed by atoms with van der Waals surface area (Å²) in [5.74, 6) is -1.95. The third kappa shape index (κ3) is 4.11. The molecule has 0 bridgehead atoms. The lowest BCUT2D eigenvalue weighted by atomic mass is 10.1. The lowest BCUT2D eigenvalue weighted by Gasteiger charge is -2.10. The molecule has 1 heterocycles. The first-order chi connectivity index (χ1) is 14.0. The minimum atomic E-state index is -0.885. The van der Waals surface area contributed by atoms with E-state index in [1.807, 2.05) is 41.1 Å². The molecule has 4 rings (SSSR count). The van der Waals surface area contributed by atoms with E-state index in [1.165, 1.54) is 6.07 Å². The minimum absolute atomic E-state index is 0.0551. The average Bonchev–Trinajstić information content (AvgIpc) is 3.01. The molecule has 0 fully saturated rings. The number of carbonyl (C=O) groups is 1. The van der Waals surface area contributed by atoms with Crippen molar-refractivity contribution >= 4 is 16.9 Å². The zero-order chi connectivity index (χ0) is 20.4. The van der Waals surface area contributed by atoms with Crippen LogP contribution in [0.5, 0.6) is 11.5 Å². The molecule has 0 aliphatic heterocycles. The van der Waals surface area contributed by atoms with Crippen molar-refractivity contribution in [2.24, 2.45) is 0 Å². The number of rotatable bonds is 6. The van der Waals surface area contributed by atoms with Crippen LogP contribution in [-0.4, -0.2) is 15.6 Å². The third-order valence-electron chi connectivity index (χ3n) is 4.59. The van der Waals surface area contributed by atoms with Crippen molar-refractivity contribution < 1.29 is 23.4 Å². The topological polar surface area (TPSA) is 51.5 Å². The van der Waals surface area contributed by atoms with Crippen molar-refractivity contribution in [1.29, 1.82) is 0 Å². The maximum absolute atomic E-state index is 13.8. The van der Waals surface area contributed by atoms with Crippen molar-refractivity contribution in [3.8, 4) is 11.5 Å². The van der Waals surface area contributed by atoms with Gasteiger partial charge in [0.1, 0.15) is 11.6 Å². The zero-order valence-electron chi connectivity index (χ0n) is 15.3. The van der Waals surface area contributed by atoms with Crippen molar-refractivity contribution in [1.82, 2.24) is 4.57 Å². The normalized spacial score (nSPS) is 11.0. The van der Waals surface area contributed by atoms with Crippen molar-refractivity contribution in [3.63, 3.8) is 0 Å². The van der Waals surface area contributed by atoms with E-state index in [0.29, 0.717) is 12.3 Å². The van der Waals surface area contributed by atoms with Gasteiger partial charge < -0.3 is 14.4 Å². The van der Waals surface area contributed by atoms with Gasteiger partial charge >= 0.3 is 5.97 Å². The fraction of sp³-hybridized carbons (Fsp3) is 0.0870. The first kappa shape index (κ1) is 18.7. The molecule has 0 aliphatic rings. The summed E-state index contributed by atoms with van der Waals surface area (Å²) >= 11 is 0. The number of nitrogens with zero attached hydrogens (tertiary/aromatic N) is 1. The number of aromatic nitrogens is 1. The minimum Gasteiger partial charge on any atom is -0.481 e. The van der Waals surface area contributed by atoms with Crippen LogP contribution in [0.3, 0.4) is 0 Å². The monoisotopic (exact) mass is 393 g/mol. The molecular formula is C23H17F2NO3. The number of hydrogen-bond donors (Lipinski definition) is 1. The van der Waals surface area contributed by atoms with Crippen molar-refractivity contribution in [2.45, 2.75) is 13.0 Å². The van der Waals surface area contributed by atoms with Gasteiger partial charge in [0.25, 0.3) is 0 Å². The summed E-state index contributed by atoms with van der Waals surface area (Å²) in [7, 11) is 0. The largest absolute Gasteiger partial charge is 0.481 e. The Morgan fingerprint density at radius 2 is 1.83 bits per heavy atom. The van der Waals surface area contributed by atoms with E-state index < -0.39 is 17.6 Å². The Morgan fingerprint density at radius 3 is 2.62 bits per heavy atom. The maximum Gasteiger partial charge on any atom is 0.307 e. The van der Waals surface area contributed by atoms with Gasteiger partial charge in [0, 0.05) is 29.7 Å². The molecule has 0 aliphatic carbocycles. The smallest absolute Gasteiger partial charge is 0.307 e. The molecule has 0 atom stereocenters. The van der Waals surface area contributed by atoms with Gasteiger partial charge in [-0.25, -0.2) is 8.78 Å². The Kier molecular flexibility index (Phi) is 4.99. The van der Waals surface area contributed by atoms with Crippen LogP contribution in [0.2, 0.25) is 0 Å². The highest BCUT2D eigenvalue weighted by Crippen LogP contribution is 2.27. The van der Waals surface area contributed by atoms with E-state index in [1.54, 1.807) is 18.2 Å².